The van der Waals surface area contributed by atoms with Crippen LogP contribution >= 0.6 is 0 Å². The second-order valence-electron chi connectivity index (χ2n) is 5.92. The number of pyridine rings is 1. The number of rotatable bonds is 7. The molecule has 0 unspecified atom stereocenters. The summed E-state index contributed by atoms with van der Waals surface area (Å²) in [5.74, 6) is -0.485. The summed E-state index contributed by atoms with van der Waals surface area (Å²) >= 11 is 0. The van der Waals surface area contributed by atoms with Crippen LogP contribution in [0.25, 0.3) is 10.8 Å². The maximum Gasteiger partial charge on any atom is 0.360 e. The van der Waals surface area contributed by atoms with E-state index in [1.165, 1.54) is 0 Å². The summed E-state index contributed by atoms with van der Waals surface area (Å²) in [7, 11) is 0. The molecular weight excluding hydrogens is 330 g/mol. The van der Waals surface area contributed by atoms with Crippen LogP contribution in [0.3, 0.4) is 0 Å². The maximum absolute atomic E-state index is 12.5. The predicted molar refractivity (Wildman–Crippen MR) is 99.4 cm³/mol. The summed E-state index contributed by atoms with van der Waals surface area (Å²) in [6.07, 6.45) is 1.69. The van der Waals surface area contributed by atoms with Crippen molar-refractivity contribution in [2.75, 3.05) is 6.61 Å². The highest BCUT2D eigenvalue weighted by Crippen LogP contribution is 2.34. The minimum Gasteiger partial charge on any atom is -0.493 e. The Hall–Kier alpha value is -3.08. The Labute approximate surface area is 152 Å². The molecule has 0 saturated carbocycles. The molecule has 0 atom stereocenters. The molecule has 1 aromatic heterocycles. The fourth-order valence-electron chi connectivity index (χ4n) is 2.61. The highest BCUT2D eigenvalue weighted by Gasteiger charge is 2.22. The lowest BCUT2D eigenvalue weighted by Crippen LogP contribution is -2.12. The molecule has 0 fully saturated rings. The first-order valence-electron chi connectivity index (χ1n) is 8.66. The number of aromatic hydroxyl groups is 1. The number of benzene rings is 2. The van der Waals surface area contributed by atoms with Gasteiger partial charge in [0.25, 0.3) is 0 Å². The van der Waals surface area contributed by atoms with Gasteiger partial charge in [-0.25, -0.2) is 9.78 Å². The number of carbonyl (C=O) groups is 1. The molecule has 0 aliphatic carbocycles. The lowest BCUT2D eigenvalue weighted by atomic mass is 10.1. The third-order valence-electron chi connectivity index (χ3n) is 4.00. The number of ether oxygens (including phenoxy) is 2. The first kappa shape index (κ1) is 17.7. The summed E-state index contributed by atoms with van der Waals surface area (Å²) in [5, 5.41) is 11.4. The van der Waals surface area contributed by atoms with Crippen LogP contribution in [0.4, 0.5) is 0 Å². The highest BCUT2D eigenvalue weighted by molar-refractivity contribution is 6.01. The Morgan fingerprint density at radius 1 is 1.04 bits per heavy atom. The minimum absolute atomic E-state index is 0.00626. The minimum atomic E-state index is -0.595. The number of esters is 1. The number of nitrogens with zero attached hydrogens (tertiary/aromatic N) is 1. The molecule has 3 rings (SSSR count). The highest BCUT2D eigenvalue weighted by atomic mass is 16.5. The van der Waals surface area contributed by atoms with E-state index < -0.39 is 5.97 Å². The van der Waals surface area contributed by atoms with Gasteiger partial charge in [0.05, 0.1) is 6.61 Å². The van der Waals surface area contributed by atoms with E-state index in [2.05, 4.69) is 4.98 Å². The normalized spacial score (nSPS) is 10.7. The molecule has 0 spiro atoms. The Morgan fingerprint density at radius 3 is 2.46 bits per heavy atom. The van der Waals surface area contributed by atoms with Crippen molar-refractivity contribution in [1.29, 1.82) is 0 Å². The van der Waals surface area contributed by atoms with Crippen molar-refractivity contribution in [3.63, 3.8) is 0 Å². The van der Waals surface area contributed by atoms with Crippen molar-refractivity contribution < 1.29 is 19.4 Å². The van der Waals surface area contributed by atoms with Gasteiger partial charge in [0.1, 0.15) is 6.61 Å². The van der Waals surface area contributed by atoms with E-state index in [0.29, 0.717) is 23.1 Å². The third-order valence-corrected chi connectivity index (χ3v) is 4.00. The first-order valence-corrected chi connectivity index (χ1v) is 8.66. The number of carbonyl (C=O) groups excluding carboxylic acids is 1. The first-order chi connectivity index (χ1) is 12.7. The average molecular weight is 351 g/mol. The van der Waals surface area contributed by atoms with Gasteiger partial charge in [0, 0.05) is 10.8 Å². The van der Waals surface area contributed by atoms with E-state index in [9.17, 15) is 9.90 Å². The molecule has 2 aromatic carbocycles. The summed E-state index contributed by atoms with van der Waals surface area (Å²) in [6, 6.07) is 16.8. The standard InChI is InChI=1S/C21H21NO4/c1-2-3-13-25-21(24)18-19(26-14-15-9-5-4-6-10-15)16-11-7-8-12-17(16)20(23)22-18/h4-12H,2-3,13-14H2,1H3,(H,22,23). The van der Waals surface area contributed by atoms with Crippen LogP contribution in [0.1, 0.15) is 35.8 Å². The van der Waals surface area contributed by atoms with Crippen LogP contribution in [0, 0.1) is 0 Å². The van der Waals surface area contributed by atoms with Crippen molar-refractivity contribution in [2.45, 2.75) is 26.4 Å². The number of unbranched alkanes of at least 4 members (excludes halogenated alkanes) is 1. The molecule has 0 aliphatic heterocycles. The van der Waals surface area contributed by atoms with Crippen LogP contribution in [0.15, 0.2) is 54.6 Å². The van der Waals surface area contributed by atoms with Crippen LogP contribution in [0.2, 0.25) is 0 Å². The Balaban J connectivity index is 1.97. The molecule has 26 heavy (non-hydrogen) atoms. The van der Waals surface area contributed by atoms with Crippen LogP contribution < -0.4 is 4.74 Å². The van der Waals surface area contributed by atoms with Crippen molar-refractivity contribution in [1.82, 2.24) is 4.98 Å². The average Bonchev–Trinajstić information content (AvgIpc) is 2.68. The van der Waals surface area contributed by atoms with E-state index in [4.69, 9.17) is 9.47 Å². The molecule has 1 heterocycles. The molecule has 3 aromatic rings. The van der Waals surface area contributed by atoms with E-state index >= 15 is 0 Å². The predicted octanol–water partition coefficient (Wildman–Crippen LogP) is 4.48. The summed E-state index contributed by atoms with van der Waals surface area (Å²) < 4.78 is 11.2. The van der Waals surface area contributed by atoms with Gasteiger partial charge in [-0.3, -0.25) is 0 Å². The van der Waals surface area contributed by atoms with Crippen molar-refractivity contribution in [3.05, 3.63) is 65.9 Å². The molecule has 0 bridgehead atoms. The van der Waals surface area contributed by atoms with Crippen molar-refractivity contribution in [3.8, 4) is 11.6 Å². The van der Waals surface area contributed by atoms with E-state index in [0.717, 1.165) is 18.4 Å². The number of aromatic nitrogens is 1. The Morgan fingerprint density at radius 2 is 1.73 bits per heavy atom. The molecule has 5 heteroatoms. The third kappa shape index (κ3) is 3.94. The Bertz CT molecular complexity index is 893. The van der Waals surface area contributed by atoms with Gasteiger partial charge in [-0.1, -0.05) is 61.9 Å². The summed E-state index contributed by atoms with van der Waals surface area (Å²) in [6.45, 7) is 2.61. The molecule has 0 saturated heterocycles. The summed E-state index contributed by atoms with van der Waals surface area (Å²) in [5.41, 5.74) is 0.961. The monoisotopic (exact) mass is 351 g/mol. The second-order valence-corrected chi connectivity index (χ2v) is 5.92. The van der Waals surface area contributed by atoms with Gasteiger partial charge >= 0.3 is 5.97 Å². The van der Waals surface area contributed by atoms with Gasteiger partial charge in [-0.2, -0.15) is 0 Å². The second kappa shape index (κ2) is 8.34. The van der Waals surface area contributed by atoms with Gasteiger partial charge < -0.3 is 14.6 Å². The largest absolute Gasteiger partial charge is 0.493 e. The maximum atomic E-state index is 12.5. The number of fused-ring (bicyclic) bond motifs is 1. The number of hydrogen-bond acceptors (Lipinski definition) is 5. The molecule has 0 aliphatic rings. The van der Waals surface area contributed by atoms with E-state index in [-0.39, 0.29) is 18.2 Å². The molecular formula is C21H21NO4. The zero-order chi connectivity index (χ0) is 18.4. The fourth-order valence-corrected chi connectivity index (χ4v) is 2.61. The van der Waals surface area contributed by atoms with Crippen molar-refractivity contribution >= 4 is 16.7 Å². The van der Waals surface area contributed by atoms with Crippen LogP contribution in [-0.4, -0.2) is 22.7 Å². The lowest BCUT2D eigenvalue weighted by Gasteiger charge is -2.14. The molecule has 1 N–H and O–H groups in total. The molecule has 134 valence electrons. The van der Waals surface area contributed by atoms with Gasteiger partial charge in [-0.15, -0.1) is 0 Å². The molecule has 5 nitrogen and oxygen atoms in total. The zero-order valence-electron chi connectivity index (χ0n) is 14.6. The zero-order valence-corrected chi connectivity index (χ0v) is 14.6. The van der Waals surface area contributed by atoms with Gasteiger partial charge in [0.15, 0.2) is 11.4 Å². The van der Waals surface area contributed by atoms with Crippen LogP contribution in [-0.2, 0) is 11.3 Å². The SMILES string of the molecule is CCCCOC(=O)c1nc(O)c2ccccc2c1OCc1ccccc1. The fraction of sp³-hybridized carbons (Fsp3) is 0.238. The van der Waals surface area contributed by atoms with E-state index in [1.807, 2.05) is 43.3 Å². The van der Waals surface area contributed by atoms with Gasteiger partial charge in [0.2, 0.25) is 5.88 Å². The quantitative estimate of drug-likeness (QED) is 0.502. The van der Waals surface area contributed by atoms with E-state index in [1.54, 1.807) is 18.2 Å². The number of hydrogen-bond donors (Lipinski definition) is 1. The topological polar surface area (TPSA) is 68.7 Å². The smallest absolute Gasteiger partial charge is 0.360 e. The Kier molecular flexibility index (Phi) is 5.69. The van der Waals surface area contributed by atoms with Crippen LogP contribution in [0.5, 0.6) is 11.6 Å². The molecule has 0 amide bonds. The molecule has 0 radical (unpaired) electrons. The van der Waals surface area contributed by atoms with Gasteiger partial charge in [-0.05, 0) is 18.1 Å². The lowest BCUT2D eigenvalue weighted by molar-refractivity contribution is 0.0486. The summed E-state index contributed by atoms with van der Waals surface area (Å²) in [4.78, 5) is 16.5. The van der Waals surface area contributed by atoms with Crippen molar-refractivity contribution in [2.24, 2.45) is 0 Å².